The molecule has 116 valence electrons. The number of carbonyl (C=O) groups excluding carboxylic acids is 1. The number of fused-ring (bicyclic) bond motifs is 1. The van der Waals surface area contributed by atoms with Gasteiger partial charge in [0.25, 0.3) is 0 Å². The molecule has 1 aromatic heterocycles. The van der Waals surface area contributed by atoms with Crippen LogP contribution < -0.4 is 5.43 Å². The van der Waals surface area contributed by atoms with Crippen molar-refractivity contribution in [2.45, 2.75) is 13.0 Å². The van der Waals surface area contributed by atoms with E-state index < -0.39 is 0 Å². The standard InChI is InChI=1S/C16H15N5O2/c22-13-7-5-12(6-8-13)11-17-19-16(23)9-10-21-15-4-2-1-3-14(15)18-20-21/h1-8,11,22H,9-10H2,(H,19,23)/b17-11+. The summed E-state index contributed by atoms with van der Waals surface area (Å²) in [5.41, 5.74) is 4.95. The van der Waals surface area contributed by atoms with E-state index in [1.807, 2.05) is 24.3 Å². The number of aromatic nitrogens is 3. The van der Waals surface area contributed by atoms with Gasteiger partial charge in [0.2, 0.25) is 5.91 Å². The summed E-state index contributed by atoms with van der Waals surface area (Å²) in [6.45, 7) is 0.432. The van der Waals surface area contributed by atoms with Gasteiger partial charge in [0.15, 0.2) is 0 Å². The zero-order chi connectivity index (χ0) is 16.1. The van der Waals surface area contributed by atoms with Gasteiger partial charge in [-0.15, -0.1) is 5.10 Å². The van der Waals surface area contributed by atoms with Crippen LogP contribution in [-0.2, 0) is 11.3 Å². The number of phenolic OH excluding ortho intramolecular Hbond substituents is 1. The Bertz CT molecular complexity index is 839. The molecule has 0 aliphatic carbocycles. The molecule has 7 nitrogen and oxygen atoms in total. The number of para-hydroxylation sites is 1. The van der Waals surface area contributed by atoms with Gasteiger partial charge in [-0.3, -0.25) is 4.79 Å². The van der Waals surface area contributed by atoms with E-state index in [-0.39, 0.29) is 18.1 Å². The Morgan fingerprint density at radius 2 is 2.00 bits per heavy atom. The maximum atomic E-state index is 11.8. The number of nitrogens with zero attached hydrogens (tertiary/aromatic N) is 4. The molecule has 0 radical (unpaired) electrons. The third kappa shape index (κ3) is 3.70. The van der Waals surface area contributed by atoms with Crippen LogP contribution in [0.2, 0.25) is 0 Å². The van der Waals surface area contributed by atoms with Crippen molar-refractivity contribution in [1.82, 2.24) is 20.4 Å². The van der Waals surface area contributed by atoms with E-state index in [1.165, 1.54) is 6.21 Å². The first-order valence-corrected chi connectivity index (χ1v) is 7.11. The Hall–Kier alpha value is -3.22. The number of carbonyl (C=O) groups is 1. The summed E-state index contributed by atoms with van der Waals surface area (Å²) in [6, 6.07) is 14.1. The van der Waals surface area contributed by atoms with E-state index in [9.17, 15) is 9.90 Å². The summed E-state index contributed by atoms with van der Waals surface area (Å²) in [5, 5.41) is 21.1. The third-order valence-electron chi connectivity index (χ3n) is 3.27. The maximum absolute atomic E-state index is 11.8. The second-order valence-electron chi connectivity index (χ2n) is 4.94. The molecule has 3 rings (SSSR count). The van der Waals surface area contributed by atoms with Gasteiger partial charge >= 0.3 is 0 Å². The van der Waals surface area contributed by atoms with Crippen molar-refractivity contribution in [2.75, 3.05) is 0 Å². The second-order valence-corrected chi connectivity index (χ2v) is 4.94. The number of hydrogen-bond acceptors (Lipinski definition) is 5. The van der Waals surface area contributed by atoms with Crippen LogP contribution in [0, 0.1) is 0 Å². The lowest BCUT2D eigenvalue weighted by Gasteiger charge is -2.01. The van der Waals surface area contributed by atoms with Crippen molar-refractivity contribution in [3.8, 4) is 5.75 Å². The highest BCUT2D eigenvalue weighted by Crippen LogP contribution is 2.10. The molecule has 3 aromatic rings. The zero-order valence-electron chi connectivity index (χ0n) is 12.3. The third-order valence-corrected chi connectivity index (χ3v) is 3.27. The average molecular weight is 309 g/mol. The molecule has 0 unspecified atom stereocenters. The van der Waals surface area contributed by atoms with Gasteiger partial charge in [0.1, 0.15) is 11.3 Å². The van der Waals surface area contributed by atoms with Gasteiger partial charge in [0, 0.05) is 6.42 Å². The summed E-state index contributed by atoms with van der Waals surface area (Å²) in [5.74, 6) is -0.0224. The van der Waals surface area contributed by atoms with Crippen LogP contribution in [0.15, 0.2) is 53.6 Å². The number of rotatable bonds is 5. The number of phenols is 1. The van der Waals surface area contributed by atoms with Crippen LogP contribution in [-0.4, -0.2) is 32.2 Å². The van der Waals surface area contributed by atoms with Crippen LogP contribution in [0.3, 0.4) is 0 Å². The van der Waals surface area contributed by atoms with E-state index in [1.54, 1.807) is 28.9 Å². The first-order chi connectivity index (χ1) is 11.2. The van der Waals surface area contributed by atoms with Crippen molar-refractivity contribution in [1.29, 1.82) is 0 Å². The molecule has 0 fully saturated rings. The second kappa shape index (κ2) is 6.69. The lowest BCUT2D eigenvalue weighted by molar-refractivity contribution is -0.121. The molecule has 1 amide bonds. The van der Waals surface area contributed by atoms with Crippen molar-refractivity contribution >= 4 is 23.2 Å². The summed E-state index contributed by atoms with van der Waals surface area (Å²) in [4.78, 5) is 11.8. The number of amides is 1. The zero-order valence-corrected chi connectivity index (χ0v) is 12.3. The van der Waals surface area contributed by atoms with Crippen LogP contribution in [0.5, 0.6) is 5.75 Å². The van der Waals surface area contributed by atoms with Gasteiger partial charge in [-0.25, -0.2) is 10.1 Å². The van der Waals surface area contributed by atoms with Gasteiger partial charge in [-0.2, -0.15) is 5.10 Å². The molecule has 0 aliphatic rings. The molecule has 0 saturated carbocycles. The van der Waals surface area contributed by atoms with Crippen molar-refractivity contribution in [2.24, 2.45) is 5.10 Å². The molecular formula is C16H15N5O2. The summed E-state index contributed by atoms with van der Waals surface area (Å²) in [7, 11) is 0. The number of aryl methyl sites for hydroxylation is 1. The van der Waals surface area contributed by atoms with E-state index in [0.717, 1.165) is 16.6 Å². The molecule has 0 atom stereocenters. The Balaban J connectivity index is 1.52. The van der Waals surface area contributed by atoms with Crippen LogP contribution >= 0.6 is 0 Å². The van der Waals surface area contributed by atoms with E-state index in [2.05, 4.69) is 20.8 Å². The molecule has 0 saturated heterocycles. The number of benzene rings is 2. The van der Waals surface area contributed by atoms with E-state index in [4.69, 9.17) is 0 Å². The Morgan fingerprint density at radius 1 is 1.22 bits per heavy atom. The lowest BCUT2D eigenvalue weighted by atomic mass is 10.2. The SMILES string of the molecule is O=C(CCn1nnc2ccccc21)N/N=C/c1ccc(O)cc1. The highest BCUT2D eigenvalue weighted by molar-refractivity contribution is 5.82. The number of hydrogen-bond donors (Lipinski definition) is 2. The smallest absolute Gasteiger partial charge is 0.241 e. The molecule has 0 spiro atoms. The van der Waals surface area contributed by atoms with Gasteiger partial charge < -0.3 is 5.11 Å². The van der Waals surface area contributed by atoms with Gasteiger partial charge in [-0.1, -0.05) is 17.3 Å². The first kappa shape index (κ1) is 14.7. The van der Waals surface area contributed by atoms with Crippen LogP contribution in [0.1, 0.15) is 12.0 Å². The minimum Gasteiger partial charge on any atom is -0.508 e. The summed E-state index contributed by atoms with van der Waals surface area (Å²) in [6.07, 6.45) is 1.77. The first-order valence-electron chi connectivity index (χ1n) is 7.11. The Kier molecular flexibility index (Phi) is 4.28. The quantitative estimate of drug-likeness (QED) is 0.554. The Labute approximate surface area is 132 Å². The van der Waals surface area contributed by atoms with Gasteiger partial charge in [-0.05, 0) is 42.0 Å². The monoisotopic (exact) mass is 309 g/mol. The predicted molar refractivity (Wildman–Crippen MR) is 86.0 cm³/mol. The van der Waals surface area contributed by atoms with E-state index in [0.29, 0.717) is 6.54 Å². The molecular weight excluding hydrogens is 294 g/mol. The summed E-state index contributed by atoms with van der Waals surface area (Å²) < 4.78 is 1.69. The maximum Gasteiger partial charge on any atom is 0.241 e. The van der Waals surface area contributed by atoms with Crippen molar-refractivity contribution in [3.63, 3.8) is 0 Å². The molecule has 0 bridgehead atoms. The predicted octanol–water partition coefficient (Wildman–Crippen LogP) is 1.68. The van der Waals surface area contributed by atoms with E-state index >= 15 is 0 Å². The number of nitrogens with one attached hydrogen (secondary N) is 1. The molecule has 1 heterocycles. The minimum atomic E-state index is -0.209. The van der Waals surface area contributed by atoms with Crippen LogP contribution in [0.25, 0.3) is 11.0 Å². The molecule has 23 heavy (non-hydrogen) atoms. The highest BCUT2D eigenvalue weighted by atomic mass is 16.3. The molecule has 2 aromatic carbocycles. The average Bonchev–Trinajstić information content (AvgIpc) is 2.98. The fourth-order valence-corrected chi connectivity index (χ4v) is 2.09. The topological polar surface area (TPSA) is 92.4 Å². The minimum absolute atomic E-state index is 0.186. The lowest BCUT2D eigenvalue weighted by Crippen LogP contribution is -2.19. The van der Waals surface area contributed by atoms with Crippen molar-refractivity contribution in [3.05, 3.63) is 54.1 Å². The van der Waals surface area contributed by atoms with Gasteiger partial charge in [0.05, 0.1) is 18.3 Å². The fraction of sp³-hybridized carbons (Fsp3) is 0.125. The van der Waals surface area contributed by atoms with Crippen LogP contribution in [0.4, 0.5) is 0 Å². The molecule has 0 aliphatic heterocycles. The fourth-order valence-electron chi connectivity index (χ4n) is 2.09. The normalized spacial score (nSPS) is 11.1. The van der Waals surface area contributed by atoms with Crippen molar-refractivity contribution < 1.29 is 9.90 Å². The molecule has 2 N–H and O–H groups in total. The Morgan fingerprint density at radius 3 is 2.83 bits per heavy atom. The number of aromatic hydroxyl groups is 1. The largest absolute Gasteiger partial charge is 0.508 e. The summed E-state index contributed by atoms with van der Waals surface area (Å²) >= 11 is 0. The highest BCUT2D eigenvalue weighted by Gasteiger charge is 2.05. The molecule has 7 heteroatoms. The number of hydrazone groups is 1.